The Bertz CT molecular complexity index is 1330. The van der Waals surface area contributed by atoms with Gasteiger partial charge in [-0.1, -0.05) is 35.5 Å². The highest BCUT2D eigenvalue weighted by Crippen LogP contribution is 2.27. The maximum atomic E-state index is 13.1. The van der Waals surface area contributed by atoms with Crippen molar-refractivity contribution < 1.29 is 22.5 Å². The Labute approximate surface area is 180 Å². The van der Waals surface area contributed by atoms with Crippen LogP contribution in [0.3, 0.4) is 0 Å². The van der Waals surface area contributed by atoms with Crippen LogP contribution in [0, 0.1) is 6.92 Å². The third kappa shape index (κ3) is 4.54. The van der Waals surface area contributed by atoms with E-state index in [0.29, 0.717) is 23.4 Å². The van der Waals surface area contributed by atoms with Crippen LogP contribution in [-0.2, 0) is 27.6 Å². The first-order valence-electron chi connectivity index (χ1n) is 9.73. The molecule has 0 aliphatic carbocycles. The van der Waals surface area contributed by atoms with Gasteiger partial charge in [0.15, 0.2) is 15.6 Å². The lowest BCUT2D eigenvalue weighted by Crippen LogP contribution is -2.18. The van der Waals surface area contributed by atoms with Gasteiger partial charge in [0.1, 0.15) is 17.3 Å². The minimum Gasteiger partial charge on any atom is -0.497 e. The van der Waals surface area contributed by atoms with Crippen molar-refractivity contribution >= 4 is 26.5 Å². The van der Waals surface area contributed by atoms with Crippen LogP contribution >= 0.6 is 0 Å². The van der Waals surface area contributed by atoms with Crippen molar-refractivity contribution in [1.29, 1.82) is 0 Å². The van der Waals surface area contributed by atoms with E-state index in [1.807, 2.05) is 41.0 Å². The molecule has 0 unspecified atom stereocenters. The smallest absolute Gasteiger partial charge is 0.187 e. The van der Waals surface area contributed by atoms with Crippen molar-refractivity contribution in [2.75, 3.05) is 12.9 Å². The number of hydrogen-bond donors (Lipinski definition) is 0. The van der Waals surface area contributed by atoms with Crippen LogP contribution in [0.2, 0.25) is 0 Å². The van der Waals surface area contributed by atoms with E-state index in [9.17, 15) is 13.2 Å². The maximum absolute atomic E-state index is 13.1. The first-order chi connectivity index (χ1) is 14.9. The van der Waals surface area contributed by atoms with Gasteiger partial charge in [0.05, 0.1) is 24.1 Å². The van der Waals surface area contributed by atoms with Gasteiger partial charge in [0.25, 0.3) is 0 Å². The average Bonchev–Trinajstić information content (AvgIpc) is 3.32. The van der Waals surface area contributed by atoms with E-state index in [-0.39, 0.29) is 11.3 Å². The molecule has 8 heteroatoms. The van der Waals surface area contributed by atoms with E-state index in [0.717, 1.165) is 16.8 Å². The number of ether oxygens (including phenoxy) is 1. The summed E-state index contributed by atoms with van der Waals surface area (Å²) >= 11 is 0. The molecule has 0 atom stereocenters. The van der Waals surface area contributed by atoms with Gasteiger partial charge in [-0.2, -0.15) is 0 Å². The number of carbonyl (C=O) groups is 1. The number of benzene rings is 2. The van der Waals surface area contributed by atoms with Gasteiger partial charge in [-0.3, -0.25) is 4.79 Å². The highest BCUT2D eigenvalue weighted by Gasteiger charge is 2.25. The second-order valence-corrected chi connectivity index (χ2v) is 9.35. The molecule has 31 heavy (non-hydrogen) atoms. The summed E-state index contributed by atoms with van der Waals surface area (Å²) in [5, 5.41) is 4.37. The Balaban J connectivity index is 1.62. The predicted molar refractivity (Wildman–Crippen MR) is 116 cm³/mol. The quantitative estimate of drug-likeness (QED) is 0.418. The van der Waals surface area contributed by atoms with Gasteiger partial charge in [-0.05, 0) is 30.7 Å². The average molecular weight is 439 g/mol. The monoisotopic (exact) mass is 438 g/mol. The standard InChI is InChI=1S/C23H22N2O5S/c1-16-11-18(24-30-16)12-19(26)15-31(27,28)23-14-25(22-6-4-3-5-21(22)23)13-17-7-9-20(29-2)10-8-17/h3-11,14H,12-13,15H2,1-2H3. The molecule has 2 heterocycles. The Morgan fingerprint density at radius 1 is 1.13 bits per heavy atom. The van der Waals surface area contributed by atoms with Crippen molar-refractivity contribution in [3.8, 4) is 5.75 Å². The number of nitrogens with zero attached hydrogens (tertiary/aromatic N) is 2. The highest BCUT2D eigenvalue weighted by molar-refractivity contribution is 7.92. The number of para-hydroxylation sites is 1. The van der Waals surface area contributed by atoms with Crippen LogP contribution in [0.25, 0.3) is 10.9 Å². The molecule has 0 amide bonds. The van der Waals surface area contributed by atoms with E-state index < -0.39 is 21.4 Å². The molecular formula is C23H22N2O5S. The van der Waals surface area contributed by atoms with E-state index in [4.69, 9.17) is 9.26 Å². The van der Waals surface area contributed by atoms with E-state index in [2.05, 4.69) is 5.16 Å². The number of carbonyl (C=O) groups excluding carboxylic acids is 1. The molecule has 2 aromatic heterocycles. The van der Waals surface area contributed by atoms with Gasteiger partial charge in [-0.25, -0.2) is 8.42 Å². The number of hydrogen-bond acceptors (Lipinski definition) is 6. The van der Waals surface area contributed by atoms with Crippen molar-refractivity contribution in [2.45, 2.75) is 24.8 Å². The molecule has 160 valence electrons. The van der Waals surface area contributed by atoms with Crippen LogP contribution < -0.4 is 4.74 Å². The summed E-state index contributed by atoms with van der Waals surface area (Å²) in [7, 11) is -2.22. The zero-order valence-electron chi connectivity index (χ0n) is 17.2. The van der Waals surface area contributed by atoms with Gasteiger partial charge in [0, 0.05) is 29.7 Å². The lowest BCUT2D eigenvalue weighted by Gasteiger charge is -2.06. The summed E-state index contributed by atoms with van der Waals surface area (Å²) in [6, 6.07) is 16.5. The molecule has 0 fully saturated rings. The predicted octanol–water partition coefficient (Wildman–Crippen LogP) is 3.58. The summed E-state index contributed by atoms with van der Waals surface area (Å²) < 4.78 is 38.2. The minimum atomic E-state index is -3.83. The van der Waals surface area contributed by atoms with Crippen molar-refractivity contribution in [2.24, 2.45) is 0 Å². The van der Waals surface area contributed by atoms with Crippen molar-refractivity contribution in [3.63, 3.8) is 0 Å². The zero-order chi connectivity index (χ0) is 22.0. The van der Waals surface area contributed by atoms with Crippen LogP contribution in [0.4, 0.5) is 0 Å². The third-order valence-corrected chi connectivity index (χ3v) is 6.70. The summed E-state index contributed by atoms with van der Waals surface area (Å²) in [4.78, 5) is 12.6. The fourth-order valence-electron chi connectivity index (χ4n) is 3.56. The molecule has 0 saturated carbocycles. The maximum Gasteiger partial charge on any atom is 0.187 e. The number of ketones is 1. The molecule has 0 aliphatic rings. The molecule has 2 aromatic carbocycles. The highest BCUT2D eigenvalue weighted by atomic mass is 32.2. The van der Waals surface area contributed by atoms with Gasteiger partial charge in [0.2, 0.25) is 0 Å². The van der Waals surface area contributed by atoms with Crippen LogP contribution in [-0.4, -0.2) is 36.8 Å². The zero-order valence-corrected chi connectivity index (χ0v) is 18.1. The second kappa shape index (κ2) is 8.39. The van der Waals surface area contributed by atoms with Crippen LogP contribution in [0.5, 0.6) is 5.75 Å². The molecule has 4 aromatic rings. The largest absolute Gasteiger partial charge is 0.497 e. The minimum absolute atomic E-state index is 0.0823. The molecule has 0 spiro atoms. The van der Waals surface area contributed by atoms with E-state index in [1.165, 1.54) is 0 Å². The Kier molecular flexibility index (Phi) is 5.65. The fraction of sp³-hybridized carbons (Fsp3) is 0.217. The van der Waals surface area contributed by atoms with E-state index >= 15 is 0 Å². The number of methoxy groups -OCH3 is 1. The molecule has 0 N–H and O–H groups in total. The number of sulfone groups is 1. The first kappa shape index (κ1) is 20.9. The summed E-state index contributed by atoms with van der Waals surface area (Å²) in [6.45, 7) is 2.21. The topological polar surface area (TPSA) is 91.4 Å². The lowest BCUT2D eigenvalue weighted by atomic mass is 10.2. The summed E-state index contributed by atoms with van der Waals surface area (Å²) in [6.07, 6.45) is 1.53. The van der Waals surface area contributed by atoms with E-state index in [1.54, 1.807) is 38.4 Å². The number of rotatable bonds is 8. The third-order valence-electron chi connectivity index (χ3n) is 5.01. The van der Waals surface area contributed by atoms with Crippen molar-refractivity contribution in [1.82, 2.24) is 9.72 Å². The lowest BCUT2D eigenvalue weighted by molar-refractivity contribution is -0.116. The SMILES string of the molecule is COc1ccc(Cn2cc(S(=O)(=O)CC(=O)Cc3cc(C)on3)c3ccccc32)cc1. The Hall–Kier alpha value is -3.39. The number of Topliss-reactive ketones (excluding diaryl/α,β-unsaturated/α-hetero) is 1. The van der Waals surface area contributed by atoms with Gasteiger partial charge < -0.3 is 13.8 Å². The molecule has 0 radical (unpaired) electrons. The molecule has 7 nitrogen and oxygen atoms in total. The van der Waals surface area contributed by atoms with Gasteiger partial charge >= 0.3 is 0 Å². The molecule has 0 aliphatic heterocycles. The Morgan fingerprint density at radius 3 is 2.55 bits per heavy atom. The second-order valence-electron chi connectivity index (χ2n) is 7.39. The molecule has 4 rings (SSSR count). The number of aryl methyl sites for hydroxylation is 1. The molecule has 0 saturated heterocycles. The molecule has 0 bridgehead atoms. The number of fused-ring (bicyclic) bond motifs is 1. The fourth-order valence-corrected chi connectivity index (χ4v) is 5.04. The Morgan fingerprint density at radius 2 is 1.87 bits per heavy atom. The molecular weight excluding hydrogens is 416 g/mol. The summed E-state index contributed by atoms with van der Waals surface area (Å²) in [5.41, 5.74) is 2.22. The van der Waals surface area contributed by atoms with Crippen molar-refractivity contribution in [3.05, 3.63) is 77.8 Å². The summed E-state index contributed by atoms with van der Waals surface area (Å²) in [5.74, 6) is 0.313. The number of aromatic nitrogens is 2. The van der Waals surface area contributed by atoms with Gasteiger partial charge in [-0.15, -0.1) is 0 Å². The first-order valence-corrected chi connectivity index (χ1v) is 11.4. The van der Waals surface area contributed by atoms with Crippen LogP contribution in [0.1, 0.15) is 17.0 Å². The van der Waals surface area contributed by atoms with Crippen LogP contribution in [0.15, 0.2) is 70.2 Å². The normalized spacial score (nSPS) is 11.7.